The van der Waals surface area contributed by atoms with Crippen LogP contribution >= 0.6 is 0 Å². The van der Waals surface area contributed by atoms with Gasteiger partial charge in [0.05, 0.1) is 24.2 Å². The predicted octanol–water partition coefficient (Wildman–Crippen LogP) is 3.24. The van der Waals surface area contributed by atoms with Crippen LogP contribution in [0.25, 0.3) is 10.8 Å². The first-order valence-electron chi connectivity index (χ1n) is 7.65. The quantitative estimate of drug-likeness (QED) is 0.673. The number of rotatable bonds is 3. The summed E-state index contributed by atoms with van der Waals surface area (Å²) >= 11 is 0. The van der Waals surface area contributed by atoms with E-state index in [4.69, 9.17) is 9.15 Å². The lowest BCUT2D eigenvalue weighted by molar-refractivity contribution is 0.0599. The molecule has 0 unspecified atom stereocenters. The molecule has 0 saturated heterocycles. The molecular formula is C18H15NO5S. The Morgan fingerprint density at radius 1 is 1.20 bits per heavy atom. The summed E-state index contributed by atoms with van der Waals surface area (Å²) in [6.45, 7) is 1.65. The summed E-state index contributed by atoms with van der Waals surface area (Å²) in [5.74, 6) is 0.266. The van der Waals surface area contributed by atoms with Gasteiger partial charge in [-0.2, -0.15) is 0 Å². The molecular weight excluding hydrogens is 342 g/mol. The van der Waals surface area contributed by atoms with Gasteiger partial charge in [0.2, 0.25) is 0 Å². The monoisotopic (exact) mass is 357 g/mol. The number of esters is 1. The Kier molecular flexibility index (Phi) is 3.36. The van der Waals surface area contributed by atoms with E-state index in [0.29, 0.717) is 28.2 Å². The van der Waals surface area contributed by atoms with Crippen molar-refractivity contribution in [3.05, 3.63) is 59.5 Å². The number of methoxy groups -OCH3 is 1. The number of ether oxygens (including phenoxy) is 1. The minimum atomic E-state index is -3.67. The van der Waals surface area contributed by atoms with Gasteiger partial charge in [0.1, 0.15) is 17.1 Å². The molecule has 0 fully saturated rings. The molecule has 2 aromatic carbocycles. The molecule has 0 N–H and O–H groups in total. The molecule has 0 atom stereocenters. The van der Waals surface area contributed by atoms with Crippen molar-refractivity contribution in [3.8, 4) is 0 Å². The number of aryl methyl sites for hydroxylation is 1. The Morgan fingerprint density at radius 3 is 2.64 bits per heavy atom. The second kappa shape index (κ2) is 5.35. The third kappa shape index (κ3) is 2.23. The fourth-order valence-electron chi connectivity index (χ4n) is 3.20. The number of sulfonamides is 1. The molecule has 1 aromatic heterocycles. The first-order valence-corrected chi connectivity index (χ1v) is 9.09. The van der Waals surface area contributed by atoms with E-state index >= 15 is 0 Å². The molecule has 0 bridgehead atoms. The molecule has 7 heteroatoms. The summed E-state index contributed by atoms with van der Waals surface area (Å²) < 4.78 is 37.5. The maximum atomic E-state index is 12.9. The number of nitrogens with zero attached hydrogens (tertiary/aromatic N) is 1. The van der Waals surface area contributed by atoms with Crippen LogP contribution in [0.5, 0.6) is 0 Å². The molecule has 3 aromatic rings. The van der Waals surface area contributed by atoms with Crippen molar-refractivity contribution in [2.75, 3.05) is 11.4 Å². The molecule has 128 valence electrons. The molecule has 0 aliphatic carbocycles. The number of carbonyl (C=O) groups excluding carboxylic acids is 1. The lowest BCUT2D eigenvalue weighted by Gasteiger charge is -2.17. The van der Waals surface area contributed by atoms with Crippen LogP contribution < -0.4 is 4.31 Å². The van der Waals surface area contributed by atoms with E-state index in [2.05, 4.69) is 0 Å². The second-order valence-corrected chi connectivity index (χ2v) is 7.65. The number of hydrogen-bond donors (Lipinski definition) is 0. The number of hydrogen-bond acceptors (Lipinski definition) is 5. The number of anilines is 1. The highest BCUT2D eigenvalue weighted by molar-refractivity contribution is 7.93. The largest absolute Gasteiger partial charge is 0.465 e. The average molecular weight is 357 g/mol. The Hall–Kier alpha value is -2.80. The lowest BCUT2D eigenvalue weighted by atomic mass is 10.1. The Labute approximate surface area is 144 Å². The first-order chi connectivity index (χ1) is 11.9. The Balaban J connectivity index is 1.80. The molecule has 4 rings (SSSR count). The number of carbonyl (C=O) groups is 1. The van der Waals surface area contributed by atoms with Crippen LogP contribution in [0.1, 0.15) is 21.9 Å². The number of benzene rings is 2. The van der Waals surface area contributed by atoms with Gasteiger partial charge >= 0.3 is 5.97 Å². The minimum absolute atomic E-state index is 0.00790. The van der Waals surface area contributed by atoms with E-state index in [1.54, 1.807) is 25.1 Å². The maximum absolute atomic E-state index is 12.9. The zero-order valence-electron chi connectivity index (χ0n) is 13.6. The zero-order chi connectivity index (χ0) is 17.8. The standard InChI is InChI=1S/C18H15NO5S/c1-11-14(18(20)23-2)9-13(24-11)10-19-15-7-3-5-12-6-4-8-16(17(12)15)25(19,21)22/h3-9H,10H2,1-2H3. The van der Waals surface area contributed by atoms with Crippen LogP contribution in [0.2, 0.25) is 0 Å². The molecule has 1 aliphatic rings. The average Bonchev–Trinajstić information content (AvgIpc) is 3.07. The molecule has 0 amide bonds. The summed E-state index contributed by atoms with van der Waals surface area (Å²) in [5, 5.41) is 1.58. The molecule has 0 radical (unpaired) electrons. The smallest absolute Gasteiger partial charge is 0.341 e. The zero-order valence-corrected chi connectivity index (χ0v) is 14.5. The normalized spacial score (nSPS) is 14.9. The Bertz CT molecular complexity index is 1110. The SMILES string of the molecule is COC(=O)c1cc(CN2c3cccc4cccc(c34)S2(=O)=O)oc1C. The number of furan rings is 1. The van der Waals surface area contributed by atoms with Gasteiger partial charge in [0, 0.05) is 5.39 Å². The third-order valence-corrected chi connectivity index (χ3v) is 6.16. The molecule has 1 aliphatic heterocycles. The van der Waals surface area contributed by atoms with Gasteiger partial charge in [-0.15, -0.1) is 0 Å². The summed E-state index contributed by atoms with van der Waals surface area (Å²) in [5.41, 5.74) is 0.909. The highest BCUT2D eigenvalue weighted by atomic mass is 32.2. The highest BCUT2D eigenvalue weighted by Gasteiger charge is 2.36. The molecule has 6 nitrogen and oxygen atoms in total. The first kappa shape index (κ1) is 15.7. The third-order valence-electron chi connectivity index (χ3n) is 4.35. The van der Waals surface area contributed by atoms with E-state index in [1.165, 1.54) is 17.5 Å². The van der Waals surface area contributed by atoms with Crippen molar-refractivity contribution in [3.63, 3.8) is 0 Å². The van der Waals surface area contributed by atoms with E-state index in [9.17, 15) is 13.2 Å². The van der Waals surface area contributed by atoms with Crippen molar-refractivity contribution in [1.29, 1.82) is 0 Å². The van der Waals surface area contributed by atoms with Crippen molar-refractivity contribution < 1.29 is 22.4 Å². The van der Waals surface area contributed by atoms with Gasteiger partial charge in [0.25, 0.3) is 10.0 Å². The topological polar surface area (TPSA) is 76.8 Å². The van der Waals surface area contributed by atoms with E-state index in [0.717, 1.165) is 5.39 Å². The van der Waals surface area contributed by atoms with Crippen molar-refractivity contribution in [2.24, 2.45) is 0 Å². The van der Waals surface area contributed by atoms with Crippen LogP contribution in [-0.2, 0) is 21.3 Å². The van der Waals surface area contributed by atoms with Crippen LogP contribution in [0.4, 0.5) is 5.69 Å². The second-order valence-electron chi connectivity index (χ2n) is 5.82. The molecule has 0 spiro atoms. The summed E-state index contributed by atoms with van der Waals surface area (Å²) in [6, 6.07) is 12.2. The molecule has 25 heavy (non-hydrogen) atoms. The minimum Gasteiger partial charge on any atom is -0.465 e. The van der Waals surface area contributed by atoms with Crippen molar-refractivity contribution in [2.45, 2.75) is 18.4 Å². The maximum Gasteiger partial charge on any atom is 0.341 e. The van der Waals surface area contributed by atoms with Gasteiger partial charge < -0.3 is 9.15 Å². The van der Waals surface area contributed by atoms with E-state index < -0.39 is 16.0 Å². The summed E-state index contributed by atoms with van der Waals surface area (Å²) in [4.78, 5) is 12.0. The van der Waals surface area contributed by atoms with Gasteiger partial charge in [-0.25, -0.2) is 13.2 Å². The lowest BCUT2D eigenvalue weighted by Crippen LogP contribution is -2.26. The van der Waals surface area contributed by atoms with Crippen LogP contribution in [0.3, 0.4) is 0 Å². The van der Waals surface area contributed by atoms with Gasteiger partial charge in [-0.3, -0.25) is 4.31 Å². The van der Waals surface area contributed by atoms with E-state index in [1.807, 2.05) is 18.2 Å². The van der Waals surface area contributed by atoms with Crippen LogP contribution in [-0.4, -0.2) is 21.5 Å². The van der Waals surface area contributed by atoms with Crippen molar-refractivity contribution >= 4 is 32.5 Å². The van der Waals surface area contributed by atoms with Crippen molar-refractivity contribution in [1.82, 2.24) is 0 Å². The molecule has 0 saturated carbocycles. The highest BCUT2D eigenvalue weighted by Crippen LogP contribution is 2.42. The Morgan fingerprint density at radius 2 is 1.92 bits per heavy atom. The van der Waals surface area contributed by atoms with E-state index in [-0.39, 0.29) is 11.4 Å². The summed E-state index contributed by atoms with van der Waals surface area (Å²) in [6.07, 6.45) is 0. The van der Waals surface area contributed by atoms with Crippen LogP contribution in [0.15, 0.2) is 51.8 Å². The van der Waals surface area contributed by atoms with Crippen LogP contribution in [0, 0.1) is 6.92 Å². The molecule has 2 heterocycles. The van der Waals surface area contributed by atoms with Gasteiger partial charge in [-0.1, -0.05) is 24.3 Å². The van der Waals surface area contributed by atoms with Gasteiger partial charge in [-0.05, 0) is 30.5 Å². The van der Waals surface area contributed by atoms with Gasteiger partial charge in [0.15, 0.2) is 0 Å². The fourth-order valence-corrected chi connectivity index (χ4v) is 4.88. The predicted molar refractivity (Wildman–Crippen MR) is 92.1 cm³/mol. The fraction of sp³-hybridized carbons (Fsp3) is 0.167. The summed E-state index contributed by atoms with van der Waals surface area (Å²) in [7, 11) is -2.38.